The molecular weight excluding hydrogens is 176 g/mol. The van der Waals surface area contributed by atoms with Gasteiger partial charge in [-0.3, -0.25) is 0 Å². The molecule has 1 aromatic heterocycles. The van der Waals surface area contributed by atoms with Gasteiger partial charge in [0.2, 0.25) is 5.88 Å². The molecule has 0 aliphatic rings. The van der Waals surface area contributed by atoms with E-state index in [4.69, 9.17) is 4.74 Å². The zero-order valence-electron chi connectivity index (χ0n) is 8.71. The number of aromatic nitrogens is 1. The number of nitrogens with one attached hydrogen (secondary N) is 1. The van der Waals surface area contributed by atoms with Crippen molar-refractivity contribution in [3.8, 4) is 5.88 Å². The van der Waals surface area contributed by atoms with Crippen molar-refractivity contribution in [3.05, 3.63) is 30.5 Å². The maximum absolute atomic E-state index is 4.96. The maximum atomic E-state index is 4.96. The number of rotatable bonds is 5. The Kier molecular flexibility index (Phi) is 3.98. The Labute approximate surface area is 84.8 Å². The van der Waals surface area contributed by atoms with Gasteiger partial charge in [-0.1, -0.05) is 19.1 Å². The van der Waals surface area contributed by atoms with Crippen LogP contribution in [-0.2, 0) is 0 Å². The summed E-state index contributed by atoms with van der Waals surface area (Å²) in [4.78, 5) is 4.09. The van der Waals surface area contributed by atoms with Gasteiger partial charge < -0.3 is 10.1 Å². The van der Waals surface area contributed by atoms with E-state index in [1.54, 1.807) is 13.3 Å². The first-order chi connectivity index (χ1) is 6.76. The van der Waals surface area contributed by atoms with E-state index in [1.165, 1.54) is 5.57 Å². The third-order valence-electron chi connectivity index (χ3n) is 1.99. The molecule has 14 heavy (non-hydrogen) atoms. The van der Waals surface area contributed by atoms with Gasteiger partial charge in [0.1, 0.15) is 0 Å². The Morgan fingerprint density at radius 2 is 2.36 bits per heavy atom. The van der Waals surface area contributed by atoms with Crippen molar-refractivity contribution in [3.63, 3.8) is 0 Å². The van der Waals surface area contributed by atoms with Gasteiger partial charge in [-0.05, 0) is 12.5 Å². The third kappa shape index (κ3) is 3.09. The Balaban J connectivity index is 2.47. The summed E-state index contributed by atoms with van der Waals surface area (Å²) in [6.07, 6.45) is 2.75. The molecule has 0 aromatic carbocycles. The third-order valence-corrected chi connectivity index (χ3v) is 1.99. The molecule has 0 aliphatic heterocycles. The van der Waals surface area contributed by atoms with E-state index in [2.05, 4.69) is 23.8 Å². The summed E-state index contributed by atoms with van der Waals surface area (Å²) in [6, 6.07) is 3.77. The van der Waals surface area contributed by atoms with Crippen molar-refractivity contribution in [1.29, 1.82) is 0 Å². The maximum Gasteiger partial charge on any atom is 0.213 e. The molecule has 0 radical (unpaired) electrons. The van der Waals surface area contributed by atoms with Gasteiger partial charge >= 0.3 is 0 Å². The zero-order valence-corrected chi connectivity index (χ0v) is 8.71. The van der Waals surface area contributed by atoms with Crippen LogP contribution in [0.3, 0.4) is 0 Å². The molecular formula is C11H16N2O. The van der Waals surface area contributed by atoms with E-state index in [9.17, 15) is 0 Å². The van der Waals surface area contributed by atoms with Gasteiger partial charge in [0, 0.05) is 12.6 Å². The Morgan fingerprint density at radius 3 is 2.86 bits per heavy atom. The molecule has 0 saturated carbocycles. The molecule has 0 unspecified atom stereocenters. The fraction of sp³-hybridized carbons (Fsp3) is 0.364. The lowest BCUT2D eigenvalue weighted by molar-refractivity contribution is 0.398. The van der Waals surface area contributed by atoms with Crippen molar-refractivity contribution in [1.82, 2.24) is 4.98 Å². The van der Waals surface area contributed by atoms with Crippen LogP contribution in [0.4, 0.5) is 5.69 Å². The number of hydrogen-bond donors (Lipinski definition) is 1. The lowest BCUT2D eigenvalue weighted by atomic mass is 10.2. The second kappa shape index (κ2) is 5.27. The van der Waals surface area contributed by atoms with Crippen LogP contribution in [0, 0.1) is 0 Å². The summed E-state index contributed by atoms with van der Waals surface area (Å²) in [7, 11) is 1.61. The van der Waals surface area contributed by atoms with E-state index in [-0.39, 0.29) is 0 Å². The van der Waals surface area contributed by atoms with Gasteiger partial charge in [-0.25, -0.2) is 4.98 Å². The topological polar surface area (TPSA) is 34.1 Å². The molecule has 1 aromatic rings. The van der Waals surface area contributed by atoms with E-state index in [0.29, 0.717) is 5.88 Å². The fourth-order valence-electron chi connectivity index (χ4n) is 0.958. The normalized spacial score (nSPS) is 9.57. The summed E-state index contributed by atoms with van der Waals surface area (Å²) in [6.45, 7) is 6.80. The predicted octanol–water partition coefficient (Wildman–Crippen LogP) is 2.47. The molecule has 0 aliphatic carbocycles. The quantitative estimate of drug-likeness (QED) is 0.728. The van der Waals surface area contributed by atoms with Crippen molar-refractivity contribution >= 4 is 5.69 Å². The molecule has 76 valence electrons. The van der Waals surface area contributed by atoms with E-state index < -0.39 is 0 Å². The molecule has 1 rings (SSSR count). The lowest BCUT2D eigenvalue weighted by Gasteiger charge is -2.07. The van der Waals surface area contributed by atoms with Crippen LogP contribution in [0.15, 0.2) is 30.5 Å². The largest absolute Gasteiger partial charge is 0.481 e. The number of anilines is 1. The molecule has 0 bridgehead atoms. The van der Waals surface area contributed by atoms with Gasteiger partial charge in [-0.15, -0.1) is 0 Å². The summed E-state index contributed by atoms with van der Waals surface area (Å²) >= 11 is 0. The lowest BCUT2D eigenvalue weighted by Crippen LogP contribution is -2.03. The molecule has 3 heteroatoms. The van der Waals surface area contributed by atoms with Crippen molar-refractivity contribution in [2.45, 2.75) is 13.3 Å². The summed E-state index contributed by atoms with van der Waals surface area (Å²) in [5, 5.41) is 3.23. The Hall–Kier alpha value is -1.51. The fourth-order valence-corrected chi connectivity index (χ4v) is 0.958. The number of ether oxygens (including phenoxy) is 1. The number of pyridine rings is 1. The minimum absolute atomic E-state index is 0.630. The average molecular weight is 192 g/mol. The zero-order chi connectivity index (χ0) is 10.4. The van der Waals surface area contributed by atoms with Gasteiger partial charge in [-0.2, -0.15) is 0 Å². The summed E-state index contributed by atoms with van der Waals surface area (Å²) in [5.41, 5.74) is 2.17. The van der Waals surface area contributed by atoms with Crippen LogP contribution in [0.25, 0.3) is 0 Å². The molecule has 1 heterocycles. The monoisotopic (exact) mass is 192 g/mol. The molecule has 0 saturated heterocycles. The average Bonchev–Trinajstić information content (AvgIpc) is 2.26. The predicted molar refractivity (Wildman–Crippen MR) is 58.7 cm³/mol. The highest BCUT2D eigenvalue weighted by Crippen LogP contribution is 2.11. The molecule has 0 fully saturated rings. The van der Waals surface area contributed by atoms with Crippen molar-refractivity contribution in [2.24, 2.45) is 0 Å². The Bertz CT molecular complexity index is 293. The number of nitrogens with zero attached hydrogens (tertiary/aromatic N) is 1. The SMILES string of the molecule is C=C(CC)CNc1ccc(OC)nc1. The molecule has 0 atom stereocenters. The van der Waals surface area contributed by atoms with Crippen LogP contribution in [0.5, 0.6) is 5.88 Å². The number of hydrogen-bond acceptors (Lipinski definition) is 3. The van der Waals surface area contributed by atoms with Gasteiger partial charge in [0.15, 0.2) is 0 Å². The van der Waals surface area contributed by atoms with Crippen LogP contribution in [-0.4, -0.2) is 18.6 Å². The molecule has 3 nitrogen and oxygen atoms in total. The summed E-state index contributed by atoms with van der Waals surface area (Å²) in [5.74, 6) is 0.630. The highest BCUT2D eigenvalue weighted by Gasteiger charge is 1.95. The first-order valence-corrected chi connectivity index (χ1v) is 4.66. The first kappa shape index (κ1) is 10.6. The molecule has 0 amide bonds. The van der Waals surface area contributed by atoms with Crippen LogP contribution < -0.4 is 10.1 Å². The van der Waals surface area contributed by atoms with E-state index >= 15 is 0 Å². The van der Waals surface area contributed by atoms with Crippen LogP contribution >= 0.6 is 0 Å². The van der Waals surface area contributed by atoms with Crippen molar-refractivity contribution in [2.75, 3.05) is 19.0 Å². The highest BCUT2D eigenvalue weighted by atomic mass is 16.5. The smallest absolute Gasteiger partial charge is 0.213 e. The van der Waals surface area contributed by atoms with Crippen LogP contribution in [0.2, 0.25) is 0 Å². The molecule has 0 spiro atoms. The molecule has 1 N–H and O–H groups in total. The van der Waals surface area contributed by atoms with E-state index in [0.717, 1.165) is 18.7 Å². The summed E-state index contributed by atoms with van der Waals surface area (Å²) < 4.78 is 4.96. The minimum atomic E-state index is 0.630. The number of methoxy groups -OCH3 is 1. The highest BCUT2D eigenvalue weighted by molar-refractivity contribution is 5.43. The second-order valence-corrected chi connectivity index (χ2v) is 3.05. The van der Waals surface area contributed by atoms with Gasteiger partial charge in [0.05, 0.1) is 19.0 Å². The van der Waals surface area contributed by atoms with Gasteiger partial charge in [0.25, 0.3) is 0 Å². The van der Waals surface area contributed by atoms with E-state index in [1.807, 2.05) is 12.1 Å². The standard InChI is InChI=1S/C11H16N2O/c1-4-9(2)7-12-10-5-6-11(14-3)13-8-10/h5-6,8,12H,2,4,7H2,1,3H3. The second-order valence-electron chi connectivity index (χ2n) is 3.05. The first-order valence-electron chi connectivity index (χ1n) is 4.66. The Morgan fingerprint density at radius 1 is 1.57 bits per heavy atom. The minimum Gasteiger partial charge on any atom is -0.481 e. The van der Waals surface area contributed by atoms with Crippen LogP contribution in [0.1, 0.15) is 13.3 Å². The van der Waals surface area contributed by atoms with Crippen molar-refractivity contribution < 1.29 is 4.74 Å².